The van der Waals surface area contributed by atoms with Crippen LogP contribution in [0.3, 0.4) is 0 Å². The summed E-state index contributed by atoms with van der Waals surface area (Å²) in [6.45, 7) is 7.50. The molecule has 1 aromatic heterocycles. The summed E-state index contributed by atoms with van der Waals surface area (Å²) in [6, 6.07) is 17.8. The number of benzene rings is 2. The van der Waals surface area contributed by atoms with E-state index in [0.29, 0.717) is 38.0 Å². The lowest BCUT2D eigenvalue weighted by Crippen LogP contribution is -2.44. The summed E-state index contributed by atoms with van der Waals surface area (Å²) >= 11 is 0. The van der Waals surface area contributed by atoms with Crippen molar-refractivity contribution in [3.63, 3.8) is 0 Å². The van der Waals surface area contributed by atoms with Crippen LogP contribution in [0.1, 0.15) is 38.0 Å². The normalized spacial score (nSPS) is 16.1. The Hall–Kier alpha value is -3.65. The molecule has 34 heavy (non-hydrogen) atoms. The minimum Gasteiger partial charge on any atom is -0.486 e. The molecule has 2 heterocycles. The summed E-state index contributed by atoms with van der Waals surface area (Å²) in [5, 5.41) is 3.18. The fraction of sp³-hybridized carbons (Fsp3) is 0.346. The number of aromatic nitrogens is 2. The number of rotatable bonds is 6. The number of nitrogens with one attached hydrogen (secondary N) is 1. The van der Waals surface area contributed by atoms with Crippen LogP contribution in [-0.2, 0) is 16.1 Å². The van der Waals surface area contributed by atoms with Gasteiger partial charge in [0, 0.05) is 12.2 Å². The molecule has 1 N–H and O–H groups in total. The maximum Gasteiger partial charge on any atom is 0.410 e. The number of ether oxygens (including phenoxy) is 3. The highest BCUT2D eigenvalue weighted by Crippen LogP contribution is 2.25. The van der Waals surface area contributed by atoms with Crippen molar-refractivity contribution in [3.05, 3.63) is 78.1 Å². The van der Waals surface area contributed by atoms with E-state index in [2.05, 4.69) is 15.3 Å². The SMILES string of the molecule is CC(C)(C)OC(=O)N1CCO[C@H](c2ccc(Nc3ncc(OCc4ccccc4)cn3)cc2)C1. The number of morpholine rings is 1. The standard InChI is InChI=1S/C26H30N4O4/c1-26(2,3)34-25(31)30-13-14-32-23(17-30)20-9-11-21(12-10-20)29-24-27-15-22(16-28-24)33-18-19-7-5-4-6-8-19/h4-12,15-16,23H,13-14,17-18H2,1-3H3,(H,27,28,29)/t23-/m0/s1. The molecule has 1 saturated heterocycles. The van der Waals surface area contributed by atoms with E-state index in [1.165, 1.54) is 0 Å². The number of hydrogen-bond donors (Lipinski definition) is 1. The molecule has 0 bridgehead atoms. The van der Waals surface area contributed by atoms with Gasteiger partial charge < -0.3 is 24.4 Å². The van der Waals surface area contributed by atoms with Crippen LogP contribution in [0.15, 0.2) is 67.0 Å². The molecule has 0 spiro atoms. The second kappa shape index (κ2) is 10.5. The van der Waals surface area contributed by atoms with Crippen LogP contribution in [-0.4, -0.2) is 46.3 Å². The average molecular weight is 463 g/mol. The van der Waals surface area contributed by atoms with Crippen LogP contribution < -0.4 is 10.1 Å². The summed E-state index contributed by atoms with van der Waals surface area (Å²) in [5.41, 5.74) is 2.40. The maximum absolute atomic E-state index is 12.4. The second-order valence-corrected chi connectivity index (χ2v) is 9.05. The molecule has 178 valence electrons. The van der Waals surface area contributed by atoms with Gasteiger partial charge in [-0.1, -0.05) is 42.5 Å². The van der Waals surface area contributed by atoms with Crippen molar-refractivity contribution in [1.82, 2.24) is 14.9 Å². The van der Waals surface area contributed by atoms with Crippen LogP contribution in [0.2, 0.25) is 0 Å². The fourth-order valence-corrected chi connectivity index (χ4v) is 3.45. The number of carbonyl (C=O) groups is 1. The molecule has 3 aromatic rings. The Balaban J connectivity index is 1.30. The van der Waals surface area contributed by atoms with E-state index in [-0.39, 0.29) is 12.2 Å². The zero-order valence-electron chi connectivity index (χ0n) is 19.7. The molecule has 2 aromatic carbocycles. The van der Waals surface area contributed by atoms with Crippen LogP contribution in [0.25, 0.3) is 0 Å². The lowest BCUT2D eigenvalue weighted by molar-refractivity contribution is -0.0432. The van der Waals surface area contributed by atoms with Crippen molar-refractivity contribution in [2.24, 2.45) is 0 Å². The molecule has 1 aliphatic rings. The van der Waals surface area contributed by atoms with Gasteiger partial charge in [0.25, 0.3) is 0 Å². The quantitative estimate of drug-likeness (QED) is 0.545. The van der Waals surface area contributed by atoms with Crippen molar-refractivity contribution < 1.29 is 19.0 Å². The Morgan fingerprint density at radius 1 is 1.09 bits per heavy atom. The number of hydrogen-bond acceptors (Lipinski definition) is 7. The van der Waals surface area contributed by atoms with Gasteiger partial charge in [-0.25, -0.2) is 14.8 Å². The van der Waals surface area contributed by atoms with Gasteiger partial charge in [0.2, 0.25) is 5.95 Å². The molecule has 1 aliphatic heterocycles. The molecule has 0 saturated carbocycles. The highest BCUT2D eigenvalue weighted by Gasteiger charge is 2.28. The van der Waals surface area contributed by atoms with Gasteiger partial charge in [0.15, 0.2) is 5.75 Å². The maximum atomic E-state index is 12.4. The first kappa shape index (κ1) is 23.5. The molecule has 8 heteroatoms. The number of amides is 1. The Morgan fingerprint density at radius 2 is 1.79 bits per heavy atom. The molecular weight excluding hydrogens is 432 g/mol. The van der Waals surface area contributed by atoms with Crippen molar-refractivity contribution >= 4 is 17.7 Å². The van der Waals surface area contributed by atoms with Crippen molar-refractivity contribution in [2.45, 2.75) is 39.1 Å². The summed E-state index contributed by atoms with van der Waals surface area (Å²) < 4.78 is 17.1. The lowest BCUT2D eigenvalue weighted by atomic mass is 10.1. The average Bonchev–Trinajstić information content (AvgIpc) is 2.84. The number of nitrogens with zero attached hydrogens (tertiary/aromatic N) is 3. The smallest absolute Gasteiger partial charge is 0.410 e. The third-order valence-corrected chi connectivity index (χ3v) is 5.13. The van der Waals surface area contributed by atoms with Gasteiger partial charge >= 0.3 is 6.09 Å². The Kier molecular flexibility index (Phi) is 7.27. The van der Waals surface area contributed by atoms with E-state index >= 15 is 0 Å². The Labute approximate surface area is 199 Å². The zero-order valence-corrected chi connectivity index (χ0v) is 19.7. The molecule has 0 aliphatic carbocycles. The zero-order chi connectivity index (χ0) is 24.0. The van der Waals surface area contributed by atoms with E-state index in [1.807, 2.05) is 75.4 Å². The molecule has 1 fully saturated rings. The van der Waals surface area contributed by atoms with Gasteiger partial charge in [-0.05, 0) is 44.0 Å². The first-order valence-corrected chi connectivity index (χ1v) is 11.3. The highest BCUT2D eigenvalue weighted by molar-refractivity contribution is 5.68. The van der Waals surface area contributed by atoms with E-state index < -0.39 is 5.60 Å². The molecular formula is C26H30N4O4. The van der Waals surface area contributed by atoms with E-state index in [1.54, 1.807) is 17.3 Å². The van der Waals surface area contributed by atoms with Gasteiger partial charge in [0.1, 0.15) is 18.3 Å². The largest absolute Gasteiger partial charge is 0.486 e. The topological polar surface area (TPSA) is 85.8 Å². The lowest BCUT2D eigenvalue weighted by Gasteiger charge is -2.34. The monoisotopic (exact) mass is 462 g/mol. The number of anilines is 2. The van der Waals surface area contributed by atoms with Gasteiger partial charge in [0.05, 0.1) is 25.5 Å². The summed E-state index contributed by atoms with van der Waals surface area (Å²) in [6.07, 6.45) is 2.78. The number of carbonyl (C=O) groups excluding carboxylic acids is 1. The first-order chi connectivity index (χ1) is 16.4. The molecule has 0 radical (unpaired) electrons. The molecule has 0 unspecified atom stereocenters. The first-order valence-electron chi connectivity index (χ1n) is 11.3. The second-order valence-electron chi connectivity index (χ2n) is 9.05. The van der Waals surface area contributed by atoms with Crippen molar-refractivity contribution in [2.75, 3.05) is 25.0 Å². The van der Waals surface area contributed by atoms with Crippen molar-refractivity contribution in [3.8, 4) is 5.75 Å². The van der Waals surface area contributed by atoms with E-state index in [4.69, 9.17) is 14.2 Å². The highest BCUT2D eigenvalue weighted by atomic mass is 16.6. The summed E-state index contributed by atoms with van der Waals surface area (Å²) in [7, 11) is 0. The third-order valence-electron chi connectivity index (χ3n) is 5.13. The van der Waals surface area contributed by atoms with Crippen LogP contribution in [0.4, 0.5) is 16.4 Å². The fourth-order valence-electron chi connectivity index (χ4n) is 3.45. The van der Waals surface area contributed by atoms with Gasteiger partial charge in [-0.2, -0.15) is 0 Å². The third kappa shape index (κ3) is 6.68. The van der Waals surface area contributed by atoms with E-state index in [9.17, 15) is 4.79 Å². The van der Waals surface area contributed by atoms with Crippen LogP contribution >= 0.6 is 0 Å². The van der Waals surface area contributed by atoms with Crippen molar-refractivity contribution in [1.29, 1.82) is 0 Å². The van der Waals surface area contributed by atoms with Gasteiger partial charge in [-0.3, -0.25) is 0 Å². The molecule has 4 rings (SSSR count). The summed E-state index contributed by atoms with van der Waals surface area (Å²) in [4.78, 5) is 22.7. The van der Waals surface area contributed by atoms with E-state index in [0.717, 1.165) is 16.8 Å². The van der Waals surface area contributed by atoms with Crippen LogP contribution in [0.5, 0.6) is 5.75 Å². The minimum absolute atomic E-state index is 0.201. The molecule has 1 atom stereocenters. The molecule has 8 nitrogen and oxygen atoms in total. The minimum atomic E-state index is -0.521. The van der Waals surface area contributed by atoms with Crippen LogP contribution in [0, 0.1) is 0 Å². The summed E-state index contributed by atoms with van der Waals surface area (Å²) in [5.74, 6) is 1.08. The van der Waals surface area contributed by atoms with Gasteiger partial charge in [-0.15, -0.1) is 0 Å². The Bertz CT molecular complexity index is 1070. The predicted molar refractivity (Wildman–Crippen MR) is 129 cm³/mol. The predicted octanol–water partition coefficient (Wildman–Crippen LogP) is 5.11. The molecule has 1 amide bonds. The Morgan fingerprint density at radius 3 is 2.47 bits per heavy atom.